The molecule has 4 nitrogen and oxygen atoms in total. The van der Waals surface area contributed by atoms with Crippen molar-refractivity contribution in [1.82, 2.24) is 4.90 Å². The highest BCUT2D eigenvalue weighted by atomic mass is 16.6. The van der Waals surface area contributed by atoms with Crippen molar-refractivity contribution in [3.63, 3.8) is 0 Å². The first-order valence-corrected chi connectivity index (χ1v) is 8.51. The predicted molar refractivity (Wildman–Crippen MR) is 93.5 cm³/mol. The van der Waals surface area contributed by atoms with Gasteiger partial charge in [0.1, 0.15) is 5.60 Å². The summed E-state index contributed by atoms with van der Waals surface area (Å²) in [6, 6.07) is 10.3. The molecule has 2 atom stereocenters. The zero-order valence-corrected chi connectivity index (χ0v) is 15.0. The van der Waals surface area contributed by atoms with E-state index in [0.29, 0.717) is 17.8 Å². The van der Waals surface area contributed by atoms with E-state index in [1.54, 1.807) is 0 Å². The van der Waals surface area contributed by atoms with Crippen LogP contribution in [0.2, 0.25) is 0 Å². The number of anilines is 1. The average Bonchev–Trinajstić information content (AvgIpc) is 2.41. The van der Waals surface area contributed by atoms with Crippen molar-refractivity contribution in [2.75, 3.05) is 5.32 Å². The van der Waals surface area contributed by atoms with E-state index < -0.39 is 11.7 Å². The SMILES string of the molecule is CC1CCCC(C)N1Cc1[c]c(NC(=O)OC(C)(C)C)ccc1. The van der Waals surface area contributed by atoms with Crippen molar-refractivity contribution in [3.05, 3.63) is 29.8 Å². The minimum atomic E-state index is -0.500. The fraction of sp³-hybridized carbons (Fsp3) is 0.632. The lowest BCUT2D eigenvalue weighted by Gasteiger charge is -2.39. The second-order valence-corrected chi connectivity index (χ2v) is 7.52. The molecule has 0 spiro atoms. The predicted octanol–water partition coefficient (Wildman–Crippen LogP) is 4.60. The summed E-state index contributed by atoms with van der Waals surface area (Å²) >= 11 is 0. The van der Waals surface area contributed by atoms with E-state index >= 15 is 0 Å². The van der Waals surface area contributed by atoms with Gasteiger partial charge in [-0.25, -0.2) is 4.79 Å². The minimum absolute atomic E-state index is 0.439. The molecule has 1 aliphatic heterocycles. The van der Waals surface area contributed by atoms with E-state index in [2.05, 4.69) is 36.2 Å². The van der Waals surface area contributed by atoms with Gasteiger partial charge >= 0.3 is 6.09 Å². The Morgan fingerprint density at radius 2 is 1.96 bits per heavy atom. The minimum Gasteiger partial charge on any atom is -0.444 e. The molecule has 1 radical (unpaired) electrons. The number of rotatable bonds is 3. The fourth-order valence-electron chi connectivity index (χ4n) is 3.08. The maximum absolute atomic E-state index is 11.9. The number of hydrogen-bond acceptors (Lipinski definition) is 3. The number of nitrogens with zero attached hydrogens (tertiary/aromatic N) is 1. The quantitative estimate of drug-likeness (QED) is 0.886. The molecule has 1 heterocycles. The molecule has 1 fully saturated rings. The summed E-state index contributed by atoms with van der Waals surface area (Å²) in [4.78, 5) is 14.4. The van der Waals surface area contributed by atoms with Gasteiger partial charge in [0.2, 0.25) is 0 Å². The maximum Gasteiger partial charge on any atom is 0.412 e. The lowest BCUT2D eigenvalue weighted by Crippen LogP contribution is -2.42. The zero-order valence-electron chi connectivity index (χ0n) is 15.0. The smallest absolute Gasteiger partial charge is 0.412 e. The molecular formula is C19H29N2O2. The van der Waals surface area contributed by atoms with Crippen LogP contribution in [0, 0.1) is 6.07 Å². The largest absolute Gasteiger partial charge is 0.444 e. The van der Waals surface area contributed by atoms with Crippen LogP contribution in [0.4, 0.5) is 10.5 Å². The van der Waals surface area contributed by atoms with Crippen LogP contribution >= 0.6 is 0 Å². The zero-order chi connectivity index (χ0) is 17.0. The van der Waals surface area contributed by atoms with E-state index in [-0.39, 0.29) is 0 Å². The monoisotopic (exact) mass is 317 g/mol. The van der Waals surface area contributed by atoms with Crippen molar-refractivity contribution in [1.29, 1.82) is 0 Å². The van der Waals surface area contributed by atoms with Gasteiger partial charge in [-0.05, 0) is 59.1 Å². The van der Waals surface area contributed by atoms with E-state index in [1.807, 2.05) is 32.9 Å². The number of piperidine rings is 1. The number of carbonyl (C=O) groups excluding carboxylic acids is 1. The lowest BCUT2D eigenvalue weighted by atomic mass is 9.96. The number of likely N-dealkylation sites (tertiary alicyclic amines) is 1. The van der Waals surface area contributed by atoms with Gasteiger partial charge in [-0.3, -0.25) is 10.2 Å². The topological polar surface area (TPSA) is 41.6 Å². The number of ether oxygens (including phenoxy) is 1. The third-order valence-electron chi connectivity index (χ3n) is 4.22. The molecule has 0 aliphatic carbocycles. The number of hydrogen-bond donors (Lipinski definition) is 1. The standard InChI is InChI=1S/C19H29N2O2/c1-14-8-6-9-15(2)21(14)13-16-10-7-11-17(12-16)20-18(22)23-19(3,4)5/h7,10-11,14-15H,6,8-9,13H2,1-5H3,(H,20,22). The van der Waals surface area contributed by atoms with Gasteiger partial charge in [0, 0.05) is 24.7 Å². The highest BCUT2D eigenvalue weighted by Gasteiger charge is 2.24. The molecule has 2 rings (SSSR count). The molecule has 1 aromatic carbocycles. The molecule has 1 saturated heterocycles. The Bertz CT molecular complexity index is 526. The van der Waals surface area contributed by atoms with Crippen LogP contribution in [0.3, 0.4) is 0 Å². The van der Waals surface area contributed by atoms with Crippen LogP contribution in [0.1, 0.15) is 59.4 Å². The third kappa shape index (κ3) is 5.54. The highest BCUT2D eigenvalue weighted by Crippen LogP contribution is 2.25. The summed E-state index contributed by atoms with van der Waals surface area (Å²) in [5.41, 5.74) is 1.26. The molecule has 2 unspecified atom stereocenters. The summed E-state index contributed by atoms with van der Waals surface area (Å²) in [5.74, 6) is 0. The first kappa shape index (κ1) is 17.8. The molecule has 1 aliphatic rings. The lowest BCUT2D eigenvalue weighted by molar-refractivity contribution is 0.0636. The van der Waals surface area contributed by atoms with Crippen LogP contribution in [-0.4, -0.2) is 28.7 Å². The van der Waals surface area contributed by atoms with Gasteiger partial charge in [-0.15, -0.1) is 0 Å². The molecule has 4 heteroatoms. The molecule has 1 N–H and O–H groups in total. The Hall–Kier alpha value is -1.55. The maximum atomic E-state index is 11.9. The molecule has 1 aromatic rings. The van der Waals surface area contributed by atoms with Crippen molar-refractivity contribution in [2.24, 2.45) is 0 Å². The third-order valence-corrected chi connectivity index (χ3v) is 4.22. The van der Waals surface area contributed by atoms with Crippen LogP contribution in [0.15, 0.2) is 18.2 Å². The normalized spacial score (nSPS) is 22.7. The van der Waals surface area contributed by atoms with Crippen molar-refractivity contribution < 1.29 is 9.53 Å². The van der Waals surface area contributed by atoms with Crippen LogP contribution in [0.25, 0.3) is 0 Å². The van der Waals surface area contributed by atoms with E-state index in [1.165, 1.54) is 19.3 Å². The van der Waals surface area contributed by atoms with Gasteiger partial charge in [0.25, 0.3) is 0 Å². The molecule has 1 amide bonds. The Morgan fingerprint density at radius 1 is 1.30 bits per heavy atom. The van der Waals surface area contributed by atoms with Gasteiger partial charge in [-0.1, -0.05) is 18.6 Å². The molecule has 0 aromatic heterocycles. The summed E-state index contributed by atoms with van der Waals surface area (Å²) in [6.07, 6.45) is 3.37. The second-order valence-electron chi connectivity index (χ2n) is 7.52. The first-order chi connectivity index (χ1) is 10.7. The highest BCUT2D eigenvalue weighted by molar-refractivity contribution is 5.84. The Kier molecular flexibility index (Phi) is 5.69. The molecule has 0 saturated carbocycles. The van der Waals surface area contributed by atoms with Gasteiger partial charge in [-0.2, -0.15) is 0 Å². The number of nitrogens with one attached hydrogen (secondary N) is 1. The summed E-state index contributed by atoms with van der Waals surface area (Å²) in [7, 11) is 0. The Balaban J connectivity index is 2.00. The van der Waals surface area contributed by atoms with Gasteiger partial charge in [0.15, 0.2) is 0 Å². The van der Waals surface area contributed by atoms with Crippen LogP contribution in [0.5, 0.6) is 0 Å². The second kappa shape index (κ2) is 7.35. The summed E-state index contributed by atoms with van der Waals surface area (Å²) in [5, 5.41) is 2.76. The van der Waals surface area contributed by atoms with Gasteiger partial charge < -0.3 is 4.74 Å². The first-order valence-electron chi connectivity index (χ1n) is 8.51. The van der Waals surface area contributed by atoms with E-state index in [4.69, 9.17) is 4.74 Å². The molecular weight excluding hydrogens is 288 g/mol. The Morgan fingerprint density at radius 3 is 2.57 bits per heavy atom. The van der Waals surface area contributed by atoms with E-state index in [9.17, 15) is 4.79 Å². The van der Waals surface area contributed by atoms with Crippen molar-refractivity contribution in [3.8, 4) is 0 Å². The summed E-state index contributed by atoms with van der Waals surface area (Å²) in [6.45, 7) is 11.0. The van der Waals surface area contributed by atoms with Crippen molar-refractivity contribution >= 4 is 11.8 Å². The molecule has 127 valence electrons. The number of benzene rings is 1. The van der Waals surface area contributed by atoms with Crippen LogP contribution in [-0.2, 0) is 11.3 Å². The van der Waals surface area contributed by atoms with Crippen LogP contribution < -0.4 is 5.32 Å². The average molecular weight is 317 g/mol. The summed E-state index contributed by atoms with van der Waals surface area (Å²) < 4.78 is 5.29. The number of amides is 1. The van der Waals surface area contributed by atoms with Crippen molar-refractivity contribution in [2.45, 2.75) is 78.1 Å². The van der Waals surface area contributed by atoms with E-state index in [0.717, 1.165) is 12.1 Å². The van der Waals surface area contributed by atoms with Gasteiger partial charge in [0.05, 0.1) is 5.69 Å². The fourth-order valence-corrected chi connectivity index (χ4v) is 3.08. The molecule has 0 bridgehead atoms. The Labute approximate surface area is 140 Å². The molecule has 23 heavy (non-hydrogen) atoms. The number of carbonyl (C=O) groups is 1.